The van der Waals surface area contributed by atoms with Gasteiger partial charge in [0.15, 0.2) is 0 Å². The molecule has 0 aromatic heterocycles. The van der Waals surface area contributed by atoms with E-state index in [0.29, 0.717) is 5.56 Å². The predicted molar refractivity (Wildman–Crippen MR) is 87.3 cm³/mol. The Hall–Kier alpha value is -1.71. The Kier molecular flexibility index (Phi) is 3.79. The molecule has 108 valence electrons. The summed E-state index contributed by atoms with van der Waals surface area (Å²) in [6, 6.07) is 9.06. The number of nitrogens with one attached hydrogen (secondary N) is 1. The van der Waals surface area contributed by atoms with E-state index in [2.05, 4.69) is 11.4 Å². The minimum absolute atomic E-state index is 0.253. The first kappa shape index (κ1) is 14.2. The van der Waals surface area contributed by atoms with E-state index >= 15 is 0 Å². The number of amides is 1. The summed E-state index contributed by atoms with van der Waals surface area (Å²) in [5.41, 5.74) is 9.80. The van der Waals surface area contributed by atoms with E-state index in [1.165, 1.54) is 29.7 Å². The maximum Gasteiger partial charge on any atom is 0.255 e. The smallest absolute Gasteiger partial charge is 0.255 e. The molecule has 3 nitrogen and oxygen atoms in total. The topological polar surface area (TPSA) is 55.1 Å². The first-order chi connectivity index (χ1) is 10.0. The van der Waals surface area contributed by atoms with Gasteiger partial charge in [0, 0.05) is 11.3 Å². The van der Waals surface area contributed by atoms with Gasteiger partial charge in [-0.15, -0.1) is 0 Å². The van der Waals surface area contributed by atoms with Crippen LogP contribution in [0.3, 0.4) is 0 Å². The summed E-state index contributed by atoms with van der Waals surface area (Å²) in [6.07, 6.45) is 3.36. The van der Waals surface area contributed by atoms with Gasteiger partial charge < -0.3 is 11.1 Å². The van der Waals surface area contributed by atoms with Crippen molar-refractivity contribution in [2.24, 2.45) is 0 Å². The molecule has 0 radical (unpaired) electrons. The molecular formula is C16H14Cl2N2O. The van der Waals surface area contributed by atoms with Crippen molar-refractivity contribution < 1.29 is 4.79 Å². The molecule has 0 saturated carbocycles. The summed E-state index contributed by atoms with van der Waals surface area (Å²) >= 11 is 11.9. The maximum absolute atomic E-state index is 12.3. The van der Waals surface area contributed by atoms with Gasteiger partial charge in [-0.3, -0.25) is 4.79 Å². The Labute approximate surface area is 133 Å². The molecule has 1 aliphatic carbocycles. The molecule has 2 aromatic carbocycles. The number of anilines is 2. The third-order valence-corrected chi connectivity index (χ3v) is 4.32. The molecule has 3 N–H and O–H groups in total. The molecule has 1 amide bonds. The van der Waals surface area contributed by atoms with Crippen LogP contribution in [0, 0.1) is 0 Å². The van der Waals surface area contributed by atoms with Crippen molar-refractivity contribution in [2.45, 2.75) is 19.3 Å². The lowest BCUT2D eigenvalue weighted by atomic mass is 10.1. The highest BCUT2D eigenvalue weighted by Gasteiger charge is 2.14. The molecular weight excluding hydrogens is 307 g/mol. The number of nitrogens with two attached hydrogens (primary N) is 1. The van der Waals surface area contributed by atoms with Crippen LogP contribution < -0.4 is 11.1 Å². The Morgan fingerprint density at radius 3 is 2.43 bits per heavy atom. The molecule has 0 heterocycles. The average Bonchev–Trinajstić information content (AvgIpc) is 2.91. The summed E-state index contributed by atoms with van der Waals surface area (Å²) in [5, 5.41) is 3.42. The molecule has 0 aliphatic heterocycles. The van der Waals surface area contributed by atoms with Gasteiger partial charge >= 0.3 is 0 Å². The van der Waals surface area contributed by atoms with Gasteiger partial charge in [-0.1, -0.05) is 29.3 Å². The van der Waals surface area contributed by atoms with Crippen LogP contribution in [-0.2, 0) is 12.8 Å². The van der Waals surface area contributed by atoms with Gasteiger partial charge in [0.1, 0.15) is 0 Å². The number of halogens is 2. The van der Waals surface area contributed by atoms with Crippen molar-refractivity contribution in [1.29, 1.82) is 0 Å². The third-order valence-electron chi connectivity index (χ3n) is 3.70. The minimum atomic E-state index is -0.253. The van der Waals surface area contributed by atoms with Crippen LogP contribution >= 0.6 is 23.2 Å². The summed E-state index contributed by atoms with van der Waals surface area (Å²) < 4.78 is 0. The van der Waals surface area contributed by atoms with E-state index in [1.807, 2.05) is 12.1 Å². The van der Waals surface area contributed by atoms with Gasteiger partial charge in [0.05, 0.1) is 15.7 Å². The number of benzene rings is 2. The second-order valence-electron chi connectivity index (χ2n) is 5.14. The zero-order chi connectivity index (χ0) is 15.0. The minimum Gasteiger partial charge on any atom is -0.396 e. The standard InChI is InChI=1S/C16H14Cl2N2O/c17-13-7-11(8-14(18)15(13)19)16(21)20-12-5-4-9-2-1-3-10(9)6-12/h4-8H,1-3,19H2,(H,20,21). The lowest BCUT2D eigenvalue weighted by molar-refractivity contribution is 0.102. The highest BCUT2D eigenvalue weighted by molar-refractivity contribution is 6.39. The van der Waals surface area contributed by atoms with Crippen LogP contribution in [-0.4, -0.2) is 5.91 Å². The van der Waals surface area contributed by atoms with Gasteiger partial charge in [-0.25, -0.2) is 0 Å². The van der Waals surface area contributed by atoms with Crippen LogP contribution in [0.2, 0.25) is 10.0 Å². The number of aryl methyl sites for hydroxylation is 2. The van der Waals surface area contributed by atoms with Crippen molar-refractivity contribution in [3.63, 3.8) is 0 Å². The van der Waals surface area contributed by atoms with Gasteiger partial charge in [0.2, 0.25) is 0 Å². The Balaban J connectivity index is 1.83. The maximum atomic E-state index is 12.3. The quantitative estimate of drug-likeness (QED) is 0.810. The molecule has 0 saturated heterocycles. The van der Waals surface area contributed by atoms with E-state index in [-0.39, 0.29) is 21.6 Å². The number of rotatable bonds is 2. The fourth-order valence-corrected chi connectivity index (χ4v) is 3.06. The van der Waals surface area contributed by atoms with E-state index in [1.54, 1.807) is 0 Å². The monoisotopic (exact) mass is 320 g/mol. The number of fused-ring (bicyclic) bond motifs is 1. The molecule has 21 heavy (non-hydrogen) atoms. The normalized spacial score (nSPS) is 13.0. The first-order valence-electron chi connectivity index (χ1n) is 6.72. The van der Waals surface area contributed by atoms with Crippen LogP contribution in [0.1, 0.15) is 27.9 Å². The number of hydrogen-bond donors (Lipinski definition) is 2. The number of carbonyl (C=O) groups excluding carboxylic acids is 1. The van der Waals surface area contributed by atoms with E-state index in [0.717, 1.165) is 18.5 Å². The van der Waals surface area contributed by atoms with Crippen molar-refractivity contribution in [1.82, 2.24) is 0 Å². The summed E-state index contributed by atoms with van der Waals surface area (Å²) in [6.45, 7) is 0. The molecule has 3 rings (SSSR count). The molecule has 0 unspecified atom stereocenters. The Bertz CT molecular complexity index is 705. The van der Waals surface area contributed by atoms with Gasteiger partial charge in [-0.05, 0) is 54.7 Å². The summed E-state index contributed by atoms with van der Waals surface area (Å²) in [7, 11) is 0. The highest BCUT2D eigenvalue weighted by Crippen LogP contribution is 2.29. The van der Waals surface area contributed by atoms with E-state index < -0.39 is 0 Å². The highest BCUT2D eigenvalue weighted by atomic mass is 35.5. The van der Waals surface area contributed by atoms with Crippen LogP contribution in [0.15, 0.2) is 30.3 Å². The molecule has 0 bridgehead atoms. The second kappa shape index (κ2) is 5.58. The molecule has 2 aromatic rings. The molecule has 0 spiro atoms. The third kappa shape index (κ3) is 2.85. The zero-order valence-electron chi connectivity index (χ0n) is 11.2. The van der Waals surface area contributed by atoms with Crippen molar-refractivity contribution >= 4 is 40.5 Å². The number of hydrogen-bond acceptors (Lipinski definition) is 2. The lowest BCUT2D eigenvalue weighted by Gasteiger charge is -2.09. The van der Waals surface area contributed by atoms with E-state index in [9.17, 15) is 4.79 Å². The Morgan fingerprint density at radius 2 is 1.71 bits per heavy atom. The van der Waals surface area contributed by atoms with Crippen molar-refractivity contribution in [2.75, 3.05) is 11.1 Å². The van der Waals surface area contributed by atoms with E-state index in [4.69, 9.17) is 28.9 Å². The van der Waals surface area contributed by atoms with Gasteiger partial charge in [0.25, 0.3) is 5.91 Å². The van der Waals surface area contributed by atoms with Gasteiger partial charge in [-0.2, -0.15) is 0 Å². The fourth-order valence-electron chi connectivity index (χ4n) is 2.57. The molecule has 1 aliphatic rings. The van der Waals surface area contributed by atoms with Crippen molar-refractivity contribution in [3.05, 3.63) is 57.1 Å². The molecule has 0 atom stereocenters. The van der Waals surface area contributed by atoms with Crippen LogP contribution in [0.4, 0.5) is 11.4 Å². The molecule has 0 fully saturated rings. The average molecular weight is 321 g/mol. The molecule has 5 heteroatoms. The SMILES string of the molecule is Nc1c(Cl)cc(C(=O)Nc2ccc3c(c2)CCC3)cc1Cl. The Morgan fingerprint density at radius 1 is 1.05 bits per heavy atom. The van der Waals surface area contributed by atoms with Crippen molar-refractivity contribution in [3.8, 4) is 0 Å². The summed E-state index contributed by atoms with van der Waals surface area (Å²) in [4.78, 5) is 12.3. The summed E-state index contributed by atoms with van der Waals surface area (Å²) in [5.74, 6) is -0.253. The van der Waals surface area contributed by atoms with Crippen LogP contribution in [0.5, 0.6) is 0 Å². The number of nitrogen functional groups attached to an aromatic ring is 1. The lowest BCUT2D eigenvalue weighted by Crippen LogP contribution is -2.12. The predicted octanol–water partition coefficient (Wildman–Crippen LogP) is 4.32. The number of carbonyl (C=O) groups is 1. The zero-order valence-corrected chi connectivity index (χ0v) is 12.8. The first-order valence-corrected chi connectivity index (χ1v) is 7.48. The fraction of sp³-hybridized carbons (Fsp3) is 0.188. The van der Waals surface area contributed by atoms with Crippen LogP contribution in [0.25, 0.3) is 0 Å². The largest absolute Gasteiger partial charge is 0.396 e. The second-order valence-corrected chi connectivity index (χ2v) is 5.96.